The second-order valence-electron chi connectivity index (χ2n) is 7.79. The average molecular weight is 431 g/mol. The minimum atomic E-state index is -2.27. The molecule has 0 aromatic heterocycles. The minimum Gasteiger partial charge on any atom is -0.466 e. The standard InChI is InChI=1S/C23H42O7/c1-4-7-10-11-14-17-30-22(26)23(27,18-20(24)28-15-12-8-5-2)19-21(25)29-16-13-9-6-3/h27H,4-19H2,1-3H3. The third kappa shape index (κ3) is 14.4. The summed E-state index contributed by atoms with van der Waals surface area (Å²) < 4.78 is 15.4. The first-order valence-corrected chi connectivity index (χ1v) is 11.6. The number of unbranched alkanes of at least 4 members (excludes halogenated alkanes) is 8. The molecule has 1 N–H and O–H groups in total. The molecule has 0 bridgehead atoms. The van der Waals surface area contributed by atoms with Gasteiger partial charge in [-0.25, -0.2) is 4.79 Å². The van der Waals surface area contributed by atoms with E-state index in [2.05, 4.69) is 6.92 Å². The number of aliphatic hydroxyl groups is 1. The zero-order valence-corrected chi connectivity index (χ0v) is 19.2. The molecule has 0 aromatic rings. The monoisotopic (exact) mass is 430 g/mol. The predicted molar refractivity (Wildman–Crippen MR) is 115 cm³/mol. The van der Waals surface area contributed by atoms with Gasteiger partial charge in [-0.3, -0.25) is 9.59 Å². The molecule has 0 fully saturated rings. The summed E-state index contributed by atoms with van der Waals surface area (Å²) in [6.07, 6.45) is 8.83. The summed E-state index contributed by atoms with van der Waals surface area (Å²) in [5.41, 5.74) is -2.27. The molecular weight excluding hydrogens is 388 g/mol. The molecule has 0 heterocycles. The fraction of sp³-hybridized carbons (Fsp3) is 0.870. The van der Waals surface area contributed by atoms with Gasteiger partial charge in [-0.2, -0.15) is 0 Å². The normalized spacial score (nSPS) is 11.2. The van der Waals surface area contributed by atoms with Gasteiger partial charge in [0.05, 0.1) is 32.7 Å². The molecule has 0 rings (SSSR count). The van der Waals surface area contributed by atoms with Crippen LogP contribution >= 0.6 is 0 Å². The van der Waals surface area contributed by atoms with Crippen LogP contribution in [0.25, 0.3) is 0 Å². The molecule has 7 nitrogen and oxygen atoms in total. The Hall–Kier alpha value is -1.63. The lowest BCUT2D eigenvalue weighted by Gasteiger charge is -2.24. The summed E-state index contributed by atoms with van der Waals surface area (Å²) in [4.78, 5) is 36.7. The molecule has 0 aromatic carbocycles. The van der Waals surface area contributed by atoms with E-state index < -0.39 is 36.4 Å². The van der Waals surface area contributed by atoms with E-state index in [0.29, 0.717) is 19.3 Å². The molecule has 0 saturated carbocycles. The van der Waals surface area contributed by atoms with E-state index in [1.807, 2.05) is 13.8 Å². The highest BCUT2D eigenvalue weighted by atomic mass is 16.6. The van der Waals surface area contributed by atoms with Gasteiger partial charge in [0.25, 0.3) is 0 Å². The Morgan fingerprint density at radius 2 is 0.967 bits per heavy atom. The maximum absolute atomic E-state index is 12.5. The number of carbonyl (C=O) groups excluding carboxylic acids is 3. The highest BCUT2D eigenvalue weighted by Gasteiger charge is 2.43. The van der Waals surface area contributed by atoms with Crippen LogP contribution in [0.2, 0.25) is 0 Å². The van der Waals surface area contributed by atoms with Crippen molar-refractivity contribution in [2.75, 3.05) is 19.8 Å². The third-order valence-electron chi connectivity index (χ3n) is 4.76. The topological polar surface area (TPSA) is 99.1 Å². The van der Waals surface area contributed by atoms with Gasteiger partial charge >= 0.3 is 17.9 Å². The average Bonchev–Trinajstić information content (AvgIpc) is 2.71. The predicted octanol–water partition coefficient (Wildman–Crippen LogP) is 4.48. The van der Waals surface area contributed by atoms with Crippen LogP contribution in [-0.2, 0) is 28.6 Å². The van der Waals surface area contributed by atoms with Crippen molar-refractivity contribution in [3.05, 3.63) is 0 Å². The smallest absolute Gasteiger partial charge is 0.339 e. The first-order chi connectivity index (χ1) is 14.4. The molecule has 0 saturated heterocycles. The van der Waals surface area contributed by atoms with Gasteiger partial charge in [0.15, 0.2) is 5.60 Å². The van der Waals surface area contributed by atoms with Gasteiger partial charge in [0, 0.05) is 0 Å². The zero-order valence-electron chi connectivity index (χ0n) is 19.2. The van der Waals surface area contributed by atoms with Crippen molar-refractivity contribution in [1.29, 1.82) is 0 Å². The van der Waals surface area contributed by atoms with E-state index >= 15 is 0 Å². The van der Waals surface area contributed by atoms with Crippen molar-refractivity contribution in [3.63, 3.8) is 0 Å². The van der Waals surface area contributed by atoms with Crippen molar-refractivity contribution >= 4 is 17.9 Å². The molecule has 0 unspecified atom stereocenters. The molecule has 0 spiro atoms. The Kier molecular flexibility index (Phi) is 17.2. The van der Waals surface area contributed by atoms with Crippen molar-refractivity contribution in [2.24, 2.45) is 0 Å². The van der Waals surface area contributed by atoms with E-state index in [9.17, 15) is 19.5 Å². The fourth-order valence-corrected chi connectivity index (χ4v) is 2.87. The zero-order chi connectivity index (χ0) is 22.7. The van der Waals surface area contributed by atoms with Crippen molar-refractivity contribution in [1.82, 2.24) is 0 Å². The molecule has 0 atom stereocenters. The summed E-state index contributed by atoms with van der Waals surface area (Å²) in [5.74, 6) is -2.44. The molecule has 7 heteroatoms. The highest BCUT2D eigenvalue weighted by Crippen LogP contribution is 2.20. The van der Waals surface area contributed by atoms with Crippen LogP contribution in [0, 0.1) is 0 Å². The molecular formula is C23H42O7. The number of rotatable bonds is 19. The molecule has 0 radical (unpaired) electrons. The van der Waals surface area contributed by atoms with E-state index in [-0.39, 0.29) is 19.8 Å². The van der Waals surface area contributed by atoms with E-state index in [4.69, 9.17) is 14.2 Å². The Labute approximate surface area is 181 Å². The quantitative estimate of drug-likeness (QED) is 0.183. The van der Waals surface area contributed by atoms with Crippen LogP contribution in [0.4, 0.5) is 0 Å². The molecule has 0 aliphatic heterocycles. The summed E-state index contributed by atoms with van der Waals surface area (Å²) >= 11 is 0. The third-order valence-corrected chi connectivity index (χ3v) is 4.76. The van der Waals surface area contributed by atoms with Gasteiger partial charge < -0.3 is 19.3 Å². The second kappa shape index (κ2) is 18.2. The van der Waals surface area contributed by atoms with Crippen LogP contribution in [0.1, 0.15) is 104 Å². The van der Waals surface area contributed by atoms with Gasteiger partial charge in [-0.05, 0) is 19.3 Å². The number of hydrogen-bond acceptors (Lipinski definition) is 7. The lowest BCUT2D eigenvalue weighted by molar-refractivity contribution is -0.178. The minimum absolute atomic E-state index is 0.141. The lowest BCUT2D eigenvalue weighted by Crippen LogP contribution is -2.45. The summed E-state index contributed by atoms with van der Waals surface area (Å²) in [5, 5.41) is 10.8. The van der Waals surface area contributed by atoms with Crippen LogP contribution in [0.15, 0.2) is 0 Å². The van der Waals surface area contributed by atoms with Gasteiger partial charge in [0.2, 0.25) is 0 Å². The van der Waals surface area contributed by atoms with Crippen LogP contribution < -0.4 is 0 Å². The number of ether oxygens (including phenoxy) is 3. The van der Waals surface area contributed by atoms with E-state index in [1.54, 1.807) is 0 Å². The van der Waals surface area contributed by atoms with Crippen LogP contribution in [0.5, 0.6) is 0 Å². The second-order valence-corrected chi connectivity index (χ2v) is 7.79. The van der Waals surface area contributed by atoms with Crippen LogP contribution in [-0.4, -0.2) is 48.4 Å². The van der Waals surface area contributed by atoms with E-state index in [1.165, 1.54) is 0 Å². The van der Waals surface area contributed by atoms with E-state index in [0.717, 1.165) is 51.4 Å². The lowest BCUT2D eigenvalue weighted by atomic mass is 9.95. The van der Waals surface area contributed by atoms with Gasteiger partial charge in [-0.1, -0.05) is 72.1 Å². The molecule has 0 aliphatic rings. The van der Waals surface area contributed by atoms with Gasteiger partial charge in [-0.15, -0.1) is 0 Å². The van der Waals surface area contributed by atoms with Gasteiger partial charge in [0.1, 0.15) is 0 Å². The first-order valence-electron chi connectivity index (χ1n) is 11.6. The molecule has 0 amide bonds. The molecule has 0 aliphatic carbocycles. The Morgan fingerprint density at radius 1 is 0.600 bits per heavy atom. The fourth-order valence-electron chi connectivity index (χ4n) is 2.87. The van der Waals surface area contributed by atoms with Crippen LogP contribution in [0.3, 0.4) is 0 Å². The largest absolute Gasteiger partial charge is 0.466 e. The Morgan fingerprint density at radius 3 is 1.43 bits per heavy atom. The Balaban J connectivity index is 4.73. The Bertz CT molecular complexity index is 450. The summed E-state index contributed by atoms with van der Waals surface area (Å²) in [7, 11) is 0. The molecule has 176 valence electrons. The number of hydrogen-bond donors (Lipinski definition) is 1. The first kappa shape index (κ1) is 28.4. The maximum Gasteiger partial charge on any atom is 0.339 e. The number of esters is 3. The van der Waals surface area contributed by atoms with Crippen molar-refractivity contribution in [2.45, 2.75) is 110 Å². The SMILES string of the molecule is CCCCCCCOC(=O)C(O)(CC(=O)OCCCCC)CC(=O)OCCCCC. The van der Waals surface area contributed by atoms with Crippen molar-refractivity contribution in [3.8, 4) is 0 Å². The highest BCUT2D eigenvalue weighted by molar-refractivity contribution is 5.90. The summed E-state index contributed by atoms with van der Waals surface area (Å²) in [6, 6.07) is 0. The summed E-state index contributed by atoms with van der Waals surface area (Å²) in [6.45, 7) is 6.76. The molecule has 30 heavy (non-hydrogen) atoms. The van der Waals surface area contributed by atoms with Crippen molar-refractivity contribution < 1.29 is 33.7 Å². The maximum atomic E-state index is 12.5. The number of carbonyl (C=O) groups is 3.